The van der Waals surface area contributed by atoms with Crippen LogP contribution in [0.3, 0.4) is 0 Å². The van der Waals surface area contributed by atoms with Gasteiger partial charge in [0.05, 0.1) is 16.3 Å². The fourth-order valence-corrected chi connectivity index (χ4v) is 0.327. The van der Waals surface area contributed by atoms with Crippen molar-refractivity contribution in [1.29, 1.82) is 0 Å². The molecular formula is C3H6Br2O. The molecule has 6 heavy (non-hydrogen) atoms. The molecule has 0 bridgehead atoms. The molecule has 1 nitrogen and oxygen atoms in total. The van der Waals surface area contributed by atoms with Crippen LogP contribution in [0.5, 0.6) is 0 Å². The summed E-state index contributed by atoms with van der Waals surface area (Å²) in [6.45, 7) is 2.03. The lowest BCUT2D eigenvalue weighted by Crippen LogP contribution is -1.90. The van der Waals surface area contributed by atoms with Gasteiger partial charge in [-0.2, -0.15) is 0 Å². The summed E-state index contributed by atoms with van der Waals surface area (Å²) >= 11 is 6.03. The van der Waals surface area contributed by atoms with Crippen molar-refractivity contribution >= 4 is 32.2 Å². The Labute approximate surface area is 54.6 Å². The number of alkyl halides is 1. The maximum atomic E-state index is 4.63. The highest BCUT2D eigenvalue weighted by atomic mass is 79.9. The normalized spacial score (nSPS) is 14.5. The summed E-state index contributed by atoms with van der Waals surface area (Å²) in [7, 11) is 0. The fourth-order valence-electron chi connectivity index (χ4n) is 0.0630. The second-order valence-electron chi connectivity index (χ2n) is 0.907. The van der Waals surface area contributed by atoms with Crippen molar-refractivity contribution in [2.45, 2.75) is 18.4 Å². The molecule has 0 saturated heterocycles. The molecule has 0 heterocycles. The Balaban J connectivity index is 2.75. The molecule has 0 aliphatic carbocycles. The highest BCUT2D eigenvalue weighted by molar-refractivity contribution is 9.10. The van der Waals surface area contributed by atoms with Gasteiger partial charge in [-0.1, -0.05) is 22.9 Å². The number of hydrogen-bond acceptors (Lipinski definition) is 1. The third-order valence-corrected chi connectivity index (χ3v) is 2.20. The van der Waals surface area contributed by atoms with E-state index in [1.165, 1.54) is 0 Å². The van der Waals surface area contributed by atoms with Crippen molar-refractivity contribution in [3.63, 3.8) is 0 Å². The second-order valence-corrected chi connectivity index (χ2v) is 2.30. The molecule has 0 aliphatic heterocycles. The Morgan fingerprint density at radius 2 is 2.33 bits per heavy atom. The molecule has 1 unspecified atom stereocenters. The van der Waals surface area contributed by atoms with E-state index in [9.17, 15) is 0 Å². The van der Waals surface area contributed by atoms with Crippen molar-refractivity contribution in [3.05, 3.63) is 0 Å². The molecule has 0 radical (unpaired) electrons. The first kappa shape index (κ1) is 6.92. The molecule has 0 saturated carbocycles. The third-order valence-electron chi connectivity index (χ3n) is 0.418. The van der Waals surface area contributed by atoms with Crippen LogP contribution in [0.15, 0.2) is 0 Å². The maximum Gasteiger partial charge on any atom is 0.126 e. The zero-order chi connectivity index (χ0) is 4.99. The Kier molecular flexibility index (Phi) is 4.72. The van der Waals surface area contributed by atoms with Crippen LogP contribution in [-0.4, -0.2) is 5.01 Å². The fraction of sp³-hybridized carbons (Fsp3) is 1.00. The van der Waals surface area contributed by atoms with E-state index in [0.717, 1.165) is 6.42 Å². The zero-order valence-electron chi connectivity index (χ0n) is 3.45. The zero-order valence-corrected chi connectivity index (χ0v) is 6.62. The number of halogens is 2. The standard InChI is InChI=1S/C3H6Br2O/c1-2-3(4)6-5/h3H,2H2,1H3. The van der Waals surface area contributed by atoms with Crippen LogP contribution in [0.2, 0.25) is 0 Å². The van der Waals surface area contributed by atoms with E-state index in [2.05, 4.69) is 36.0 Å². The van der Waals surface area contributed by atoms with Crippen LogP contribution in [0, 0.1) is 0 Å². The van der Waals surface area contributed by atoms with Gasteiger partial charge in [-0.05, 0) is 6.42 Å². The van der Waals surface area contributed by atoms with Crippen molar-refractivity contribution in [1.82, 2.24) is 0 Å². The molecule has 0 spiro atoms. The van der Waals surface area contributed by atoms with Crippen LogP contribution in [0.4, 0.5) is 0 Å². The van der Waals surface area contributed by atoms with E-state index in [0.29, 0.717) is 0 Å². The van der Waals surface area contributed by atoms with Gasteiger partial charge in [0.15, 0.2) is 0 Å². The average molecular weight is 218 g/mol. The largest absolute Gasteiger partial charge is 0.293 e. The predicted octanol–water partition coefficient (Wildman–Crippen LogP) is 2.44. The minimum Gasteiger partial charge on any atom is -0.293 e. The van der Waals surface area contributed by atoms with Crippen LogP contribution < -0.4 is 0 Å². The van der Waals surface area contributed by atoms with Gasteiger partial charge < -0.3 is 0 Å². The first-order valence-corrected chi connectivity index (χ1v) is 3.29. The van der Waals surface area contributed by atoms with E-state index >= 15 is 0 Å². The first-order chi connectivity index (χ1) is 2.81. The van der Waals surface area contributed by atoms with Crippen LogP contribution in [-0.2, 0) is 3.83 Å². The first-order valence-electron chi connectivity index (χ1n) is 1.72. The Morgan fingerprint density at radius 3 is 2.33 bits per heavy atom. The molecule has 0 rings (SSSR count). The molecule has 0 aliphatic rings. The van der Waals surface area contributed by atoms with Crippen LogP contribution in [0.25, 0.3) is 0 Å². The minimum absolute atomic E-state index is 0.164. The molecule has 1 atom stereocenters. The molecule has 0 aromatic carbocycles. The van der Waals surface area contributed by atoms with Gasteiger partial charge in [-0.25, -0.2) is 0 Å². The van der Waals surface area contributed by atoms with E-state index in [4.69, 9.17) is 0 Å². The van der Waals surface area contributed by atoms with Gasteiger partial charge in [0, 0.05) is 0 Å². The Hall–Kier alpha value is 0.920. The number of rotatable bonds is 2. The molecule has 0 N–H and O–H groups in total. The smallest absolute Gasteiger partial charge is 0.126 e. The van der Waals surface area contributed by atoms with Crippen molar-refractivity contribution in [3.8, 4) is 0 Å². The summed E-state index contributed by atoms with van der Waals surface area (Å²) in [5.41, 5.74) is 0. The van der Waals surface area contributed by atoms with Crippen LogP contribution >= 0.6 is 32.2 Å². The number of hydrogen-bond donors (Lipinski definition) is 0. The van der Waals surface area contributed by atoms with E-state index in [1.54, 1.807) is 0 Å². The Bertz CT molecular complexity index is 28.0. The van der Waals surface area contributed by atoms with Crippen molar-refractivity contribution in [2.24, 2.45) is 0 Å². The van der Waals surface area contributed by atoms with E-state index in [1.807, 2.05) is 6.92 Å². The molecule has 38 valence electrons. The van der Waals surface area contributed by atoms with Crippen LogP contribution in [0.1, 0.15) is 13.3 Å². The van der Waals surface area contributed by atoms with Crippen molar-refractivity contribution < 1.29 is 3.83 Å². The minimum atomic E-state index is 0.164. The molecule has 3 heteroatoms. The SMILES string of the molecule is CCC(Br)OBr. The van der Waals surface area contributed by atoms with Gasteiger partial charge in [-0.15, -0.1) is 0 Å². The molecule has 0 amide bonds. The molecule has 0 fully saturated rings. The van der Waals surface area contributed by atoms with Crippen molar-refractivity contribution in [2.75, 3.05) is 0 Å². The highest BCUT2D eigenvalue weighted by Crippen LogP contribution is 2.08. The maximum absolute atomic E-state index is 4.63. The van der Waals surface area contributed by atoms with E-state index < -0.39 is 0 Å². The lowest BCUT2D eigenvalue weighted by atomic mass is 10.5. The summed E-state index contributed by atoms with van der Waals surface area (Å²) < 4.78 is 4.63. The molecule has 0 aromatic rings. The van der Waals surface area contributed by atoms with Gasteiger partial charge >= 0.3 is 0 Å². The van der Waals surface area contributed by atoms with E-state index in [-0.39, 0.29) is 5.01 Å². The summed E-state index contributed by atoms with van der Waals surface area (Å²) in [5, 5.41) is 0.164. The lowest BCUT2D eigenvalue weighted by Gasteiger charge is -1.96. The van der Waals surface area contributed by atoms with Gasteiger partial charge in [0.1, 0.15) is 5.01 Å². The summed E-state index contributed by atoms with van der Waals surface area (Å²) in [5.74, 6) is 0. The summed E-state index contributed by atoms with van der Waals surface area (Å²) in [6, 6.07) is 0. The third kappa shape index (κ3) is 3.12. The predicted molar refractivity (Wildman–Crippen MR) is 33.0 cm³/mol. The lowest BCUT2D eigenvalue weighted by molar-refractivity contribution is 0.364. The van der Waals surface area contributed by atoms with Gasteiger partial charge in [0.25, 0.3) is 0 Å². The summed E-state index contributed by atoms with van der Waals surface area (Å²) in [4.78, 5) is 0. The van der Waals surface area contributed by atoms with Gasteiger partial charge in [0.2, 0.25) is 0 Å². The molecular weight excluding hydrogens is 212 g/mol. The summed E-state index contributed by atoms with van der Waals surface area (Å²) in [6.07, 6.45) is 0.977. The Morgan fingerprint density at radius 1 is 1.83 bits per heavy atom. The average Bonchev–Trinajstić information content (AvgIpc) is 1.65. The molecule has 0 aromatic heterocycles. The van der Waals surface area contributed by atoms with Gasteiger partial charge in [-0.3, -0.25) is 3.83 Å². The monoisotopic (exact) mass is 216 g/mol. The second kappa shape index (κ2) is 4.09. The topological polar surface area (TPSA) is 9.23 Å². The highest BCUT2D eigenvalue weighted by Gasteiger charge is 1.93. The quantitative estimate of drug-likeness (QED) is 0.646.